The molecule has 0 spiro atoms. The highest BCUT2D eigenvalue weighted by atomic mass is 16.5. The smallest absolute Gasteiger partial charge is 0.0858 e. The van der Waals surface area contributed by atoms with Gasteiger partial charge >= 0.3 is 0 Å². The van der Waals surface area contributed by atoms with E-state index >= 15 is 0 Å². The average Bonchev–Trinajstić information content (AvgIpc) is 2.11. The van der Waals surface area contributed by atoms with E-state index < -0.39 is 0 Å². The molecule has 0 radical (unpaired) electrons. The summed E-state index contributed by atoms with van der Waals surface area (Å²) in [6.45, 7) is 6.67. The van der Waals surface area contributed by atoms with Crippen LogP contribution >= 0.6 is 0 Å². The third kappa shape index (κ3) is 0.789. The quantitative estimate of drug-likeness (QED) is 0.537. The van der Waals surface area contributed by atoms with Crippen LogP contribution < -0.4 is 0 Å². The standard InChI is InChI=1S/C8H15NO/c1-6(2)9-5-8-7(9)3-4-10-8/h6-8H,3-5H2,1-2H3. The van der Waals surface area contributed by atoms with Crippen LogP contribution in [0.1, 0.15) is 20.3 Å². The predicted octanol–water partition coefficient (Wildman–Crippen LogP) is 0.868. The number of rotatable bonds is 1. The van der Waals surface area contributed by atoms with Crippen molar-refractivity contribution in [3.05, 3.63) is 0 Å². The fourth-order valence-corrected chi connectivity index (χ4v) is 1.99. The highest BCUT2D eigenvalue weighted by molar-refractivity contribution is 4.97. The van der Waals surface area contributed by atoms with Gasteiger partial charge in [-0.25, -0.2) is 0 Å². The van der Waals surface area contributed by atoms with Gasteiger partial charge in [-0.3, -0.25) is 4.90 Å². The molecule has 0 N–H and O–H groups in total. The summed E-state index contributed by atoms with van der Waals surface area (Å²) in [5.41, 5.74) is 0. The minimum atomic E-state index is 0.586. The zero-order chi connectivity index (χ0) is 7.14. The maximum atomic E-state index is 5.49. The Balaban J connectivity index is 1.94. The third-order valence-corrected chi connectivity index (χ3v) is 2.65. The van der Waals surface area contributed by atoms with Gasteiger partial charge in [0.05, 0.1) is 6.10 Å². The number of likely N-dealkylation sites (tertiary alicyclic amines) is 1. The van der Waals surface area contributed by atoms with Gasteiger partial charge in [0, 0.05) is 25.2 Å². The molecular weight excluding hydrogens is 126 g/mol. The number of nitrogens with zero attached hydrogens (tertiary/aromatic N) is 1. The van der Waals surface area contributed by atoms with Gasteiger partial charge in [-0.05, 0) is 20.3 Å². The summed E-state index contributed by atoms with van der Waals surface area (Å²) >= 11 is 0. The van der Waals surface area contributed by atoms with Crippen molar-refractivity contribution in [3.8, 4) is 0 Å². The van der Waals surface area contributed by atoms with E-state index in [0.29, 0.717) is 12.1 Å². The van der Waals surface area contributed by atoms with Crippen LogP contribution in [-0.2, 0) is 4.74 Å². The molecule has 2 heterocycles. The molecule has 0 aromatic rings. The molecule has 2 unspecified atom stereocenters. The SMILES string of the molecule is CC(C)N1CC2OCCC21. The van der Waals surface area contributed by atoms with Crippen LogP contribution in [0.5, 0.6) is 0 Å². The second-order valence-electron chi connectivity index (χ2n) is 3.56. The van der Waals surface area contributed by atoms with Crippen LogP contribution in [0.4, 0.5) is 0 Å². The lowest BCUT2D eigenvalue weighted by Gasteiger charge is -2.45. The van der Waals surface area contributed by atoms with Crippen molar-refractivity contribution in [2.45, 2.75) is 38.5 Å². The van der Waals surface area contributed by atoms with Crippen molar-refractivity contribution in [1.82, 2.24) is 4.90 Å². The van der Waals surface area contributed by atoms with E-state index in [1.54, 1.807) is 0 Å². The van der Waals surface area contributed by atoms with Gasteiger partial charge in [0.2, 0.25) is 0 Å². The largest absolute Gasteiger partial charge is 0.375 e. The zero-order valence-electron chi connectivity index (χ0n) is 6.71. The summed E-state index contributed by atoms with van der Waals surface area (Å²) in [4.78, 5) is 2.53. The maximum absolute atomic E-state index is 5.49. The average molecular weight is 141 g/mol. The van der Waals surface area contributed by atoms with Crippen molar-refractivity contribution in [3.63, 3.8) is 0 Å². The maximum Gasteiger partial charge on any atom is 0.0858 e. The molecular formula is C8H15NO. The Kier molecular flexibility index (Phi) is 1.46. The first-order valence-corrected chi connectivity index (χ1v) is 4.16. The molecule has 2 nitrogen and oxygen atoms in total. The Labute approximate surface area is 62.2 Å². The monoisotopic (exact) mass is 141 g/mol. The van der Waals surface area contributed by atoms with E-state index in [0.717, 1.165) is 12.6 Å². The topological polar surface area (TPSA) is 12.5 Å². The summed E-state index contributed by atoms with van der Waals surface area (Å²) in [6, 6.07) is 1.47. The second kappa shape index (κ2) is 2.21. The Morgan fingerprint density at radius 1 is 1.50 bits per heavy atom. The minimum Gasteiger partial charge on any atom is -0.375 e. The fraction of sp³-hybridized carbons (Fsp3) is 1.00. The highest BCUT2D eigenvalue weighted by Crippen LogP contribution is 2.31. The van der Waals surface area contributed by atoms with Gasteiger partial charge in [-0.2, -0.15) is 0 Å². The summed E-state index contributed by atoms with van der Waals surface area (Å²) in [5.74, 6) is 0. The number of ether oxygens (including phenoxy) is 1. The zero-order valence-corrected chi connectivity index (χ0v) is 6.71. The van der Waals surface area contributed by atoms with Gasteiger partial charge in [0.1, 0.15) is 0 Å². The highest BCUT2D eigenvalue weighted by Gasteiger charge is 2.44. The minimum absolute atomic E-state index is 0.586. The van der Waals surface area contributed by atoms with Gasteiger partial charge in [-0.15, -0.1) is 0 Å². The van der Waals surface area contributed by atoms with Crippen LogP contribution in [0.15, 0.2) is 0 Å². The summed E-state index contributed by atoms with van der Waals surface area (Å²) < 4.78 is 5.49. The molecule has 2 fully saturated rings. The van der Waals surface area contributed by atoms with Crippen molar-refractivity contribution in [2.75, 3.05) is 13.2 Å². The molecule has 58 valence electrons. The van der Waals surface area contributed by atoms with Gasteiger partial charge in [0.25, 0.3) is 0 Å². The van der Waals surface area contributed by atoms with Gasteiger partial charge in [-0.1, -0.05) is 0 Å². The predicted molar refractivity (Wildman–Crippen MR) is 40.0 cm³/mol. The van der Waals surface area contributed by atoms with Crippen molar-refractivity contribution >= 4 is 0 Å². The molecule has 10 heavy (non-hydrogen) atoms. The van der Waals surface area contributed by atoms with E-state index in [-0.39, 0.29) is 0 Å². The molecule has 2 aliphatic rings. The molecule has 0 aromatic carbocycles. The molecule has 2 atom stereocenters. The van der Waals surface area contributed by atoms with Crippen molar-refractivity contribution < 1.29 is 4.74 Å². The first-order valence-electron chi connectivity index (χ1n) is 4.16. The Bertz CT molecular complexity index is 135. The summed E-state index contributed by atoms with van der Waals surface area (Å²) in [5, 5.41) is 0. The molecule has 0 aliphatic carbocycles. The summed E-state index contributed by atoms with van der Waals surface area (Å²) in [7, 11) is 0. The lowest BCUT2D eigenvalue weighted by atomic mass is 9.97. The molecule has 2 heteroatoms. The lowest BCUT2D eigenvalue weighted by molar-refractivity contribution is -0.0556. The Morgan fingerprint density at radius 2 is 2.30 bits per heavy atom. The van der Waals surface area contributed by atoms with Crippen molar-refractivity contribution in [2.24, 2.45) is 0 Å². The van der Waals surface area contributed by atoms with E-state index in [1.165, 1.54) is 13.0 Å². The summed E-state index contributed by atoms with van der Waals surface area (Å²) in [6.07, 6.45) is 1.84. The first-order chi connectivity index (χ1) is 4.79. The van der Waals surface area contributed by atoms with Crippen LogP contribution in [0.3, 0.4) is 0 Å². The van der Waals surface area contributed by atoms with E-state index in [4.69, 9.17) is 4.74 Å². The van der Waals surface area contributed by atoms with Crippen LogP contribution in [0, 0.1) is 0 Å². The molecule has 2 saturated heterocycles. The number of hydrogen-bond donors (Lipinski definition) is 0. The molecule has 0 amide bonds. The lowest BCUT2D eigenvalue weighted by Crippen LogP contribution is -2.60. The van der Waals surface area contributed by atoms with E-state index in [2.05, 4.69) is 18.7 Å². The van der Waals surface area contributed by atoms with Crippen LogP contribution in [0.2, 0.25) is 0 Å². The van der Waals surface area contributed by atoms with Gasteiger partial charge in [0.15, 0.2) is 0 Å². The van der Waals surface area contributed by atoms with Crippen LogP contribution in [-0.4, -0.2) is 36.2 Å². The second-order valence-corrected chi connectivity index (χ2v) is 3.56. The van der Waals surface area contributed by atoms with Crippen molar-refractivity contribution in [1.29, 1.82) is 0 Å². The number of fused-ring (bicyclic) bond motifs is 1. The molecule has 2 aliphatic heterocycles. The molecule has 0 bridgehead atoms. The fourth-order valence-electron chi connectivity index (χ4n) is 1.99. The van der Waals surface area contributed by atoms with Gasteiger partial charge < -0.3 is 4.74 Å². The molecule has 0 aromatic heterocycles. The normalized spacial score (nSPS) is 39.9. The molecule has 2 rings (SSSR count). The third-order valence-electron chi connectivity index (χ3n) is 2.65. The van der Waals surface area contributed by atoms with E-state index in [9.17, 15) is 0 Å². The Hall–Kier alpha value is -0.0800. The Morgan fingerprint density at radius 3 is 2.90 bits per heavy atom. The first kappa shape index (κ1) is 6.62. The number of hydrogen-bond acceptors (Lipinski definition) is 2. The van der Waals surface area contributed by atoms with Crippen LogP contribution in [0.25, 0.3) is 0 Å². The van der Waals surface area contributed by atoms with E-state index in [1.807, 2.05) is 0 Å². The molecule has 0 saturated carbocycles.